The number of phenolic OH excluding ortho intramolecular Hbond substituents is 1. The van der Waals surface area contributed by atoms with Crippen molar-refractivity contribution in [2.24, 2.45) is 17.8 Å². The summed E-state index contributed by atoms with van der Waals surface area (Å²) in [5.41, 5.74) is 4.78. The Kier molecular flexibility index (Phi) is 10.4. The van der Waals surface area contributed by atoms with Crippen LogP contribution in [0.2, 0.25) is 0 Å². The third-order valence-electron chi connectivity index (χ3n) is 8.99. The number of nitrogens with zero attached hydrogens (tertiary/aromatic N) is 1. The van der Waals surface area contributed by atoms with E-state index < -0.39 is 17.8 Å². The Morgan fingerprint density at radius 2 is 1.86 bits per heavy atom. The van der Waals surface area contributed by atoms with Crippen molar-refractivity contribution in [3.8, 4) is 11.5 Å². The van der Waals surface area contributed by atoms with Crippen molar-refractivity contribution < 1.29 is 39.2 Å². The number of carbonyl (C=O) groups is 3. The fourth-order valence-electron chi connectivity index (χ4n) is 6.90. The number of carboxylic acid groups (broad SMARTS) is 1. The van der Waals surface area contributed by atoms with Crippen molar-refractivity contribution in [2.75, 3.05) is 26.9 Å². The van der Waals surface area contributed by atoms with E-state index in [1.807, 2.05) is 24.3 Å². The van der Waals surface area contributed by atoms with Gasteiger partial charge in [-0.2, -0.15) is 0 Å². The number of ether oxygens (including phenoxy) is 2. The molecule has 0 unspecified atom stereocenters. The molecule has 2 saturated heterocycles. The minimum absolute atomic E-state index is 0.0741. The lowest BCUT2D eigenvalue weighted by Gasteiger charge is -2.31. The molecular formula is C34H38INO8. The Labute approximate surface area is 270 Å². The lowest BCUT2D eigenvalue weighted by Crippen LogP contribution is -2.35. The Bertz CT molecular complexity index is 1470. The van der Waals surface area contributed by atoms with Gasteiger partial charge in [-0.15, -0.1) is 0 Å². The van der Waals surface area contributed by atoms with Crippen LogP contribution in [-0.4, -0.2) is 71.0 Å². The highest BCUT2D eigenvalue weighted by molar-refractivity contribution is 14.1. The number of imide groups is 1. The highest BCUT2D eigenvalue weighted by Crippen LogP contribution is 2.50. The first kappa shape index (κ1) is 32.2. The third-order valence-corrected chi connectivity index (χ3v) is 9.82. The summed E-state index contributed by atoms with van der Waals surface area (Å²) in [5.74, 6) is -1.95. The van der Waals surface area contributed by atoms with Crippen LogP contribution in [0.4, 0.5) is 0 Å². The van der Waals surface area contributed by atoms with E-state index in [4.69, 9.17) is 14.6 Å². The van der Waals surface area contributed by atoms with Gasteiger partial charge in [0.2, 0.25) is 11.8 Å². The van der Waals surface area contributed by atoms with Gasteiger partial charge in [-0.3, -0.25) is 19.3 Å². The van der Waals surface area contributed by atoms with Crippen molar-refractivity contribution in [3.63, 3.8) is 0 Å². The minimum atomic E-state index is -0.850. The number of phenols is 1. The average molecular weight is 716 g/mol. The number of benzene rings is 2. The Morgan fingerprint density at radius 3 is 2.57 bits per heavy atom. The van der Waals surface area contributed by atoms with Crippen molar-refractivity contribution in [3.05, 3.63) is 68.3 Å². The van der Waals surface area contributed by atoms with Gasteiger partial charge in [-0.05, 0) is 94.7 Å². The summed E-state index contributed by atoms with van der Waals surface area (Å²) in [6.07, 6.45) is 5.23. The van der Waals surface area contributed by atoms with E-state index >= 15 is 0 Å². The predicted molar refractivity (Wildman–Crippen MR) is 173 cm³/mol. The normalized spacial score (nSPS) is 23.2. The van der Waals surface area contributed by atoms with E-state index in [9.17, 15) is 24.6 Å². The van der Waals surface area contributed by atoms with E-state index in [0.717, 1.165) is 27.8 Å². The van der Waals surface area contributed by atoms with Gasteiger partial charge in [0.15, 0.2) is 11.5 Å². The molecule has 1 aliphatic carbocycles. The van der Waals surface area contributed by atoms with Crippen LogP contribution in [0.3, 0.4) is 0 Å². The molecule has 0 spiro atoms. The molecule has 3 N–H and O–H groups in total. The Morgan fingerprint density at radius 1 is 1.09 bits per heavy atom. The van der Waals surface area contributed by atoms with E-state index in [1.165, 1.54) is 12.0 Å². The molecule has 0 saturated carbocycles. The van der Waals surface area contributed by atoms with Crippen LogP contribution in [0, 0.1) is 21.3 Å². The summed E-state index contributed by atoms with van der Waals surface area (Å²) in [7, 11) is 1.52. The zero-order valence-electron chi connectivity index (χ0n) is 24.7. The highest BCUT2D eigenvalue weighted by atomic mass is 127. The van der Waals surface area contributed by atoms with Gasteiger partial charge < -0.3 is 24.8 Å². The van der Waals surface area contributed by atoms with Gasteiger partial charge in [-0.25, -0.2) is 0 Å². The number of aliphatic hydroxyl groups is 1. The first-order valence-corrected chi connectivity index (χ1v) is 16.1. The van der Waals surface area contributed by atoms with E-state index in [0.29, 0.717) is 54.5 Å². The van der Waals surface area contributed by atoms with Crippen LogP contribution in [0.25, 0.3) is 11.6 Å². The zero-order chi connectivity index (χ0) is 31.4. The molecule has 2 aromatic rings. The average Bonchev–Trinajstić information content (AvgIpc) is 3.54. The van der Waals surface area contributed by atoms with Crippen LogP contribution in [-0.2, 0) is 19.1 Å². The largest absolute Gasteiger partial charge is 0.504 e. The van der Waals surface area contributed by atoms with Crippen molar-refractivity contribution in [1.82, 2.24) is 4.90 Å². The molecule has 2 aromatic carbocycles. The number of aliphatic hydroxyl groups excluding tert-OH is 1. The maximum absolute atomic E-state index is 13.6. The summed E-state index contributed by atoms with van der Waals surface area (Å²) in [6, 6.07) is 13.7. The molecule has 2 amide bonds. The maximum atomic E-state index is 13.6. The maximum Gasteiger partial charge on any atom is 0.303 e. The summed E-state index contributed by atoms with van der Waals surface area (Å²) < 4.78 is 12.4. The number of fused-ring (bicyclic) bond motifs is 3. The number of amides is 2. The van der Waals surface area contributed by atoms with Crippen molar-refractivity contribution in [2.45, 2.75) is 51.0 Å². The second-order valence-electron chi connectivity index (χ2n) is 11.6. The van der Waals surface area contributed by atoms with Gasteiger partial charge in [0.25, 0.3) is 0 Å². The van der Waals surface area contributed by atoms with Gasteiger partial charge >= 0.3 is 5.97 Å². The fourth-order valence-corrected chi connectivity index (χ4v) is 7.53. The molecule has 9 nitrogen and oxygen atoms in total. The molecule has 2 aliphatic heterocycles. The topological polar surface area (TPSA) is 134 Å². The van der Waals surface area contributed by atoms with Crippen molar-refractivity contribution >= 4 is 52.0 Å². The fraction of sp³-hybridized carbons (Fsp3) is 0.441. The standard InChI is InChI=1S/C34H38INO8/c1-43-28-16-20(15-26(35)32(28)40)14-22(21-8-4-2-5-9-21)11-12-27-30-23(18-37)17-24-31(25(30)19-44-27)34(42)36(33(24)41)13-7-3-6-10-29(38)39/h2,4-5,8-9,14-16,24-25,27,31,37,40H,3,6-7,10-13,17-19H2,1H3,(H,38,39)/b22-14-/t24-,25+,27-,31-/m1/s1. The number of aromatic hydroxyl groups is 1. The Balaban J connectivity index is 1.34. The van der Waals surface area contributed by atoms with Crippen LogP contribution >= 0.6 is 22.6 Å². The van der Waals surface area contributed by atoms with Gasteiger partial charge in [0.05, 0.1) is 41.8 Å². The monoisotopic (exact) mass is 715 g/mol. The van der Waals surface area contributed by atoms with Crippen molar-refractivity contribution in [1.29, 1.82) is 0 Å². The number of aliphatic carboxylic acids is 1. The predicted octanol–water partition coefficient (Wildman–Crippen LogP) is 5.28. The summed E-state index contributed by atoms with van der Waals surface area (Å²) >= 11 is 2.08. The highest BCUT2D eigenvalue weighted by Gasteiger charge is 2.56. The van der Waals surface area contributed by atoms with Gasteiger partial charge in [-0.1, -0.05) is 42.8 Å². The molecule has 3 aliphatic rings. The van der Waals surface area contributed by atoms with E-state index in [-0.39, 0.29) is 49.2 Å². The molecule has 0 radical (unpaired) electrons. The second kappa shape index (κ2) is 14.3. The SMILES string of the molecule is COc1cc(/C=C(/CC[C@H]2OC[C@H]3C2=C(CO)C[C@H]2C(=O)N(CCCCCC(=O)O)C(=O)[C@H]23)c2ccccc2)cc(I)c1O. The lowest BCUT2D eigenvalue weighted by atomic mass is 9.69. The molecular weight excluding hydrogens is 677 g/mol. The molecule has 44 heavy (non-hydrogen) atoms. The Hall–Kier alpha value is -3.22. The number of rotatable bonds is 13. The number of halogens is 1. The number of hydrogen-bond donors (Lipinski definition) is 3. The summed E-state index contributed by atoms with van der Waals surface area (Å²) in [4.78, 5) is 39.0. The molecule has 0 aromatic heterocycles. The first-order chi connectivity index (χ1) is 21.2. The third kappa shape index (κ3) is 6.72. The molecule has 0 bridgehead atoms. The number of methoxy groups -OCH3 is 1. The molecule has 5 rings (SSSR count). The number of hydrogen-bond acceptors (Lipinski definition) is 7. The number of unbranched alkanes of at least 4 members (excludes halogenated alkanes) is 2. The van der Waals surface area contributed by atoms with Crippen LogP contribution in [0.5, 0.6) is 11.5 Å². The van der Waals surface area contributed by atoms with E-state index in [2.05, 4.69) is 40.8 Å². The minimum Gasteiger partial charge on any atom is -0.504 e. The number of carbonyl (C=O) groups excluding carboxylic acids is 2. The van der Waals surface area contributed by atoms with Crippen LogP contribution in [0.15, 0.2) is 53.6 Å². The lowest BCUT2D eigenvalue weighted by molar-refractivity contribution is -0.141. The smallest absolute Gasteiger partial charge is 0.303 e. The molecule has 234 valence electrons. The first-order valence-electron chi connectivity index (χ1n) is 15.1. The molecule has 2 fully saturated rings. The molecule has 4 atom stereocenters. The second-order valence-corrected chi connectivity index (χ2v) is 12.8. The van der Waals surface area contributed by atoms with Crippen LogP contribution in [0.1, 0.15) is 56.1 Å². The van der Waals surface area contributed by atoms with Gasteiger partial charge in [0, 0.05) is 18.9 Å². The summed E-state index contributed by atoms with van der Waals surface area (Å²) in [5, 5.41) is 29.6. The summed E-state index contributed by atoms with van der Waals surface area (Å²) in [6.45, 7) is 0.434. The zero-order valence-corrected chi connectivity index (χ0v) is 26.9. The quantitative estimate of drug-likeness (QED) is 0.0840. The van der Waals surface area contributed by atoms with Gasteiger partial charge in [0.1, 0.15) is 0 Å². The molecule has 2 heterocycles. The van der Waals surface area contributed by atoms with E-state index in [1.54, 1.807) is 6.07 Å². The molecule has 10 heteroatoms. The number of allylic oxidation sites excluding steroid dienone is 1. The van der Waals surface area contributed by atoms with Crippen LogP contribution < -0.4 is 4.74 Å². The number of carboxylic acids is 1. The number of likely N-dealkylation sites (tertiary alicyclic amines) is 1.